The van der Waals surface area contributed by atoms with Gasteiger partial charge in [0.2, 0.25) is 5.58 Å². The number of aromatic amines is 1. The second kappa shape index (κ2) is 7.89. The summed E-state index contributed by atoms with van der Waals surface area (Å²) in [4.78, 5) is 20.3. The third-order valence-electron chi connectivity index (χ3n) is 5.82. The minimum absolute atomic E-state index is 0.254. The Morgan fingerprint density at radius 2 is 2.03 bits per heavy atom. The summed E-state index contributed by atoms with van der Waals surface area (Å²) in [6, 6.07) is 11.8. The van der Waals surface area contributed by atoms with Gasteiger partial charge in [0.1, 0.15) is 16.9 Å². The average molecular weight is 467 g/mol. The molecule has 3 heterocycles. The van der Waals surface area contributed by atoms with E-state index in [4.69, 9.17) is 9.40 Å². The van der Waals surface area contributed by atoms with Gasteiger partial charge in [0, 0.05) is 27.7 Å². The molecule has 0 saturated carbocycles. The molecule has 0 aliphatic carbocycles. The first kappa shape index (κ1) is 19.3. The number of nitrogens with zero attached hydrogens (tertiary/aromatic N) is 1. The van der Waals surface area contributed by atoms with Gasteiger partial charge in [-0.3, -0.25) is 4.79 Å². The molecule has 7 heteroatoms. The first-order chi connectivity index (χ1) is 14.6. The van der Waals surface area contributed by atoms with Gasteiger partial charge in [0.15, 0.2) is 0 Å². The van der Waals surface area contributed by atoms with Gasteiger partial charge >= 0.3 is 0 Å². The summed E-state index contributed by atoms with van der Waals surface area (Å²) in [7, 11) is 0. The van der Waals surface area contributed by atoms with Crippen LogP contribution in [0.4, 0.5) is 5.69 Å². The van der Waals surface area contributed by atoms with Crippen molar-refractivity contribution in [2.24, 2.45) is 5.92 Å². The lowest BCUT2D eigenvalue weighted by Gasteiger charge is -2.23. The zero-order valence-corrected chi connectivity index (χ0v) is 18.3. The molecule has 1 saturated heterocycles. The molecule has 4 aromatic rings. The van der Waals surface area contributed by atoms with Crippen LogP contribution in [0.5, 0.6) is 0 Å². The average Bonchev–Trinajstić information content (AvgIpc) is 3.11. The lowest BCUT2D eigenvalue weighted by Crippen LogP contribution is -2.31. The van der Waals surface area contributed by atoms with Gasteiger partial charge in [-0.25, -0.2) is 4.98 Å². The van der Waals surface area contributed by atoms with Crippen molar-refractivity contribution >= 4 is 43.7 Å². The molecule has 2 aromatic heterocycles. The fraction of sp³-hybridized carbons (Fsp3) is 0.304. The van der Waals surface area contributed by atoms with Crippen molar-refractivity contribution < 1.29 is 4.42 Å². The number of hydrogen-bond donors (Lipinski definition) is 3. The largest absolute Gasteiger partial charge is 0.449 e. The quantitative estimate of drug-likeness (QED) is 0.401. The van der Waals surface area contributed by atoms with Crippen LogP contribution in [0.25, 0.3) is 33.5 Å². The van der Waals surface area contributed by atoms with E-state index in [0.717, 1.165) is 46.3 Å². The van der Waals surface area contributed by atoms with Crippen LogP contribution in [-0.2, 0) is 0 Å². The van der Waals surface area contributed by atoms with E-state index in [2.05, 4.69) is 43.7 Å². The highest BCUT2D eigenvalue weighted by atomic mass is 79.9. The summed E-state index contributed by atoms with van der Waals surface area (Å²) in [5, 5.41) is 7.79. The van der Waals surface area contributed by atoms with Gasteiger partial charge in [-0.2, -0.15) is 0 Å². The van der Waals surface area contributed by atoms with Crippen LogP contribution in [0.1, 0.15) is 18.4 Å². The number of anilines is 1. The highest BCUT2D eigenvalue weighted by Crippen LogP contribution is 2.30. The normalized spacial score (nSPS) is 15.1. The smallest absolute Gasteiger partial charge is 0.294 e. The predicted octanol–water partition coefficient (Wildman–Crippen LogP) is 4.82. The van der Waals surface area contributed by atoms with Crippen molar-refractivity contribution in [1.29, 1.82) is 0 Å². The van der Waals surface area contributed by atoms with Crippen molar-refractivity contribution in [3.8, 4) is 11.4 Å². The number of H-pyrrole nitrogens is 1. The minimum atomic E-state index is -0.269. The number of benzene rings is 2. The molecule has 1 aliphatic heterocycles. The number of nitrogens with one attached hydrogen (secondary N) is 3. The molecular formula is C23H23BrN4O2. The molecule has 30 heavy (non-hydrogen) atoms. The third-order valence-corrected chi connectivity index (χ3v) is 6.31. The summed E-state index contributed by atoms with van der Waals surface area (Å²) >= 11 is 3.48. The number of piperidine rings is 1. The molecule has 0 radical (unpaired) electrons. The zero-order chi connectivity index (χ0) is 20.7. The van der Waals surface area contributed by atoms with Crippen molar-refractivity contribution in [2.45, 2.75) is 19.8 Å². The number of aromatic nitrogens is 2. The number of rotatable bonds is 4. The molecule has 3 N–H and O–H groups in total. The Labute approximate surface area is 182 Å². The molecule has 0 bridgehead atoms. The van der Waals surface area contributed by atoms with Crippen LogP contribution in [-0.4, -0.2) is 29.6 Å². The van der Waals surface area contributed by atoms with E-state index in [1.165, 1.54) is 12.8 Å². The van der Waals surface area contributed by atoms with E-state index in [-0.39, 0.29) is 11.1 Å². The van der Waals surface area contributed by atoms with Gasteiger partial charge in [-0.15, -0.1) is 0 Å². The van der Waals surface area contributed by atoms with Crippen LogP contribution >= 0.6 is 15.9 Å². The van der Waals surface area contributed by atoms with Crippen molar-refractivity contribution in [1.82, 2.24) is 15.3 Å². The predicted molar refractivity (Wildman–Crippen MR) is 124 cm³/mol. The second-order valence-corrected chi connectivity index (χ2v) is 8.85. The first-order valence-electron chi connectivity index (χ1n) is 10.3. The maximum Gasteiger partial charge on any atom is 0.294 e. The van der Waals surface area contributed by atoms with Crippen LogP contribution in [0, 0.1) is 12.8 Å². The molecule has 5 rings (SSSR count). The van der Waals surface area contributed by atoms with E-state index in [0.29, 0.717) is 22.8 Å². The van der Waals surface area contributed by atoms with Crippen LogP contribution in [0.3, 0.4) is 0 Å². The maximum absolute atomic E-state index is 12.7. The SMILES string of the molecule is Cc1cc(NCC2CCNCC2)ccc1-c1nc2c(oc3ccc(Br)cc32)c(=O)[nH]1. The summed E-state index contributed by atoms with van der Waals surface area (Å²) in [6.45, 7) is 5.23. The van der Waals surface area contributed by atoms with Crippen LogP contribution in [0.2, 0.25) is 0 Å². The Bertz CT molecular complexity index is 1290. The van der Waals surface area contributed by atoms with Gasteiger partial charge in [-0.1, -0.05) is 15.9 Å². The number of hydrogen-bond acceptors (Lipinski definition) is 5. The zero-order valence-electron chi connectivity index (χ0n) is 16.7. The van der Waals surface area contributed by atoms with E-state index in [1.54, 1.807) is 0 Å². The van der Waals surface area contributed by atoms with E-state index in [1.807, 2.05) is 31.2 Å². The Balaban J connectivity index is 1.48. The molecule has 6 nitrogen and oxygen atoms in total. The standard InChI is InChI=1S/C23H23BrN4O2/c1-13-10-16(26-12-14-6-8-25-9-7-14)3-4-17(13)22-27-20-18-11-15(24)2-5-19(18)30-21(20)23(29)28-22/h2-5,10-11,14,25-26H,6-9,12H2,1H3,(H,27,28,29). The monoisotopic (exact) mass is 466 g/mol. The van der Waals surface area contributed by atoms with Crippen molar-refractivity contribution in [2.75, 3.05) is 25.0 Å². The van der Waals surface area contributed by atoms with Crippen molar-refractivity contribution in [3.05, 3.63) is 56.8 Å². The minimum Gasteiger partial charge on any atom is -0.449 e. The fourth-order valence-corrected chi connectivity index (χ4v) is 4.50. The number of fused-ring (bicyclic) bond motifs is 3. The Morgan fingerprint density at radius 3 is 2.83 bits per heavy atom. The van der Waals surface area contributed by atoms with Crippen molar-refractivity contribution in [3.63, 3.8) is 0 Å². The van der Waals surface area contributed by atoms with Gasteiger partial charge in [0.05, 0.1) is 0 Å². The Morgan fingerprint density at radius 1 is 1.20 bits per heavy atom. The molecule has 0 atom stereocenters. The van der Waals surface area contributed by atoms with Gasteiger partial charge < -0.3 is 20.0 Å². The topological polar surface area (TPSA) is 82.9 Å². The third kappa shape index (κ3) is 3.63. The summed E-state index contributed by atoms with van der Waals surface area (Å²) in [5.41, 5.74) is 4.28. The number of aryl methyl sites for hydroxylation is 1. The molecular weight excluding hydrogens is 444 g/mol. The Hall–Kier alpha value is -2.64. The fourth-order valence-electron chi connectivity index (χ4n) is 4.14. The Kier molecular flexibility index (Phi) is 5.08. The van der Waals surface area contributed by atoms with Gasteiger partial charge in [0.25, 0.3) is 5.56 Å². The lowest BCUT2D eigenvalue weighted by molar-refractivity contribution is 0.390. The van der Waals surface area contributed by atoms with E-state index >= 15 is 0 Å². The molecule has 2 aromatic carbocycles. The second-order valence-electron chi connectivity index (χ2n) is 7.94. The molecule has 1 aliphatic rings. The summed E-state index contributed by atoms with van der Waals surface area (Å²) in [5.74, 6) is 1.26. The van der Waals surface area contributed by atoms with Crippen LogP contribution in [0.15, 0.2) is 50.1 Å². The van der Waals surface area contributed by atoms with Crippen LogP contribution < -0.4 is 16.2 Å². The summed E-state index contributed by atoms with van der Waals surface area (Å²) in [6.07, 6.45) is 2.42. The van der Waals surface area contributed by atoms with E-state index < -0.39 is 0 Å². The summed E-state index contributed by atoms with van der Waals surface area (Å²) < 4.78 is 6.64. The molecule has 0 unspecified atom stereocenters. The highest BCUT2D eigenvalue weighted by Gasteiger charge is 2.16. The maximum atomic E-state index is 12.7. The van der Waals surface area contributed by atoms with Gasteiger partial charge in [-0.05, 0) is 80.7 Å². The number of halogens is 1. The molecule has 0 spiro atoms. The molecule has 1 fully saturated rings. The highest BCUT2D eigenvalue weighted by molar-refractivity contribution is 9.10. The first-order valence-corrected chi connectivity index (χ1v) is 11.1. The molecule has 0 amide bonds. The number of furan rings is 1. The lowest BCUT2D eigenvalue weighted by atomic mass is 9.98. The molecule has 154 valence electrons. The van der Waals surface area contributed by atoms with E-state index in [9.17, 15) is 4.79 Å².